The maximum Gasteiger partial charge on any atom is 0.244 e. The van der Waals surface area contributed by atoms with E-state index in [0.29, 0.717) is 36.4 Å². The third-order valence-corrected chi connectivity index (χ3v) is 7.30. The van der Waals surface area contributed by atoms with E-state index in [-0.39, 0.29) is 0 Å². The first-order chi connectivity index (χ1) is 9.48. The van der Waals surface area contributed by atoms with Crippen LogP contribution in [0.25, 0.3) is 0 Å². The third-order valence-electron chi connectivity index (χ3n) is 3.65. The van der Waals surface area contributed by atoms with E-state index >= 15 is 0 Å². The van der Waals surface area contributed by atoms with Crippen LogP contribution in [-0.4, -0.2) is 39.5 Å². The molecule has 2 heterocycles. The van der Waals surface area contributed by atoms with Gasteiger partial charge in [0.15, 0.2) is 0 Å². The molecule has 1 aromatic heterocycles. The summed E-state index contributed by atoms with van der Waals surface area (Å²) in [6, 6.07) is 1.71. The van der Waals surface area contributed by atoms with Crippen molar-refractivity contribution in [1.82, 2.24) is 4.31 Å². The third kappa shape index (κ3) is 3.36. The van der Waals surface area contributed by atoms with Gasteiger partial charge in [-0.1, -0.05) is 0 Å². The Morgan fingerprint density at radius 1 is 1.45 bits per heavy atom. The average molecular weight is 338 g/mol. The maximum absolute atomic E-state index is 12.7. The molecule has 1 saturated heterocycles. The Bertz CT molecular complexity index is 548. The topological polar surface area (TPSA) is 46.6 Å². The summed E-state index contributed by atoms with van der Waals surface area (Å²) in [5, 5.41) is 0. The highest BCUT2D eigenvalue weighted by atomic mass is 35.5. The SMILES string of the molecule is COCC1CCN(S(=O)(=O)c2cc(CCl)sc2C)CC1. The zero-order valence-corrected chi connectivity index (χ0v) is 14.2. The smallest absolute Gasteiger partial charge is 0.244 e. The number of halogens is 1. The normalized spacial score (nSPS) is 18.6. The second-order valence-electron chi connectivity index (χ2n) is 5.07. The van der Waals surface area contributed by atoms with Crippen LogP contribution in [0.15, 0.2) is 11.0 Å². The van der Waals surface area contributed by atoms with Crippen molar-refractivity contribution in [3.63, 3.8) is 0 Å². The molecule has 114 valence electrons. The summed E-state index contributed by atoms with van der Waals surface area (Å²) in [7, 11) is -1.69. The summed E-state index contributed by atoms with van der Waals surface area (Å²) in [4.78, 5) is 2.14. The van der Waals surface area contributed by atoms with Crippen molar-refractivity contribution >= 4 is 33.0 Å². The number of hydrogen-bond acceptors (Lipinski definition) is 4. The summed E-state index contributed by atoms with van der Waals surface area (Å²) >= 11 is 7.25. The lowest BCUT2D eigenvalue weighted by Gasteiger charge is -2.30. The average Bonchev–Trinajstić information content (AvgIpc) is 2.82. The van der Waals surface area contributed by atoms with Gasteiger partial charge in [0.05, 0.1) is 10.8 Å². The first-order valence-electron chi connectivity index (χ1n) is 6.63. The van der Waals surface area contributed by atoms with Gasteiger partial charge in [0, 0.05) is 36.6 Å². The molecule has 0 spiro atoms. The second kappa shape index (κ2) is 6.75. The summed E-state index contributed by atoms with van der Waals surface area (Å²) in [5.74, 6) is 0.824. The van der Waals surface area contributed by atoms with Gasteiger partial charge in [-0.2, -0.15) is 4.31 Å². The highest BCUT2D eigenvalue weighted by molar-refractivity contribution is 7.89. The fraction of sp³-hybridized carbons (Fsp3) is 0.692. The first-order valence-corrected chi connectivity index (χ1v) is 9.42. The molecule has 0 amide bonds. The molecule has 0 bridgehead atoms. The molecule has 2 rings (SSSR count). The van der Waals surface area contributed by atoms with Gasteiger partial charge in [-0.05, 0) is 31.7 Å². The van der Waals surface area contributed by atoms with Crippen LogP contribution in [0, 0.1) is 12.8 Å². The van der Waals surface area contributed by atoms with Crippen molar-refractivity contribution in [1.29, 1.82) is 0 Å². The summed E-state index contributed by atoms with van der Waals surface area (Å²) in [6.45, 7) is 3.69. The number of aryl methyl sites for hydroxylation is 1. The Labute approximate surface area is 129 Å². The predicted octanol–water partition coefficient (Wildman–Crippen LogP) is 2.84. The monoisotopic (exact) mass is 337 g/mol. The van der Waals surface area contributed by atoms with Crippen LogP contribution in [0.2, 0.25) is 0 Å². The van der Waals surface area contributed by atoms with Crippen LogP contribution in [0.5, 0.6) is 0 Å². The van der Waals surface area contributed by atoms with E-state index in [2.05, 4.69) is 0 Å². The largest absolute Gasteiger partial charge is 0.384 e. The molecule has 0 aliphatic carbocycles. The van der Waals surface area contributed by atoms with Gasteiger partial charge in [0.1, 0.15) is 0 Å². The number of hydrogen-bond donors (Lipinski definition) is 0. The van der Waals surface area contributed by atoms with Gasteiger partial charge in [0.25, 0.3) is 0 Å². The molecular weight excluding hydrogens is 318 g/mol. The van der Waals surface area contributed by atoms with E-state index in [1.54, 1.807) is 17.5 Å². The number of thiophene rings is 1. The number of ether oxygens (including phenoxy) is 1. The van der Waals surface area contributed by atoms with Gasteiger partial charge in [-0.3, -0.25) is 0 Å². The molecule has 1 fully saturated rings. The van der Waals surface area contributed by atoms with Crippen molar-refractivity contribution in [2.24, 2.45) is 5.92 Å². The van der Waals surface area contributed by atoms with Gasteiger partial charge in [-0.15, -0.1) is 22.9 Å². The molecular formula is C13H20ClNO3S2. The molecule has 1 aliphatic heterocycles. The minimum atomic E-state index is -3.38. The van der Waals surface area contributed by atoms with E-state index in [1.165, 1.54) is 11.3 Å². The van der Waals surface area contributed by atoms with Crippen LogP contribution in [0.4, 0.5) is 0 Å². The van der Waals surface area contributed by atoms with E-state index < -0.39 is 10.0 Å². The highest BCUT2D eigenvalue weighted by Gasteiger charge is 2.31. The van der Waals surface area contributed by atoms with E-state index in [9.17, 15) is 8.42 Å². The van der Waals surface area contributed by atoms with E-state index in [0.717, 1.165) is 22.6 Å². The standard InChI is InChI=1S/C13H20ClNO3S2/c1-10-13(7-12(8-14)19-10)20(16,17)15-5-3-11(4-6-15)9-18-2/h7,11H,3-6,8-9H2,1-2H3. The number of piperidine rings is 1. The fourth-order valence-corrected chi connectivity index (χ4v) is 5.70. The summed E-state index contributed by atoms with van der Waals surface area (Å²) < 4.78 is 32.1. The zero-order valence-electron chi connectivity index (χ0n) is 11.8. The minimum Gasteiger partial charge on any atom is -0.384 e. The zero-order chi connectivity index (χ0) is 14.8. The molecule has 0 atom stereocenters. The molecule has 1 aromatic rings. The molecule has 0 N–H and O–H groups in total. The number of nitrogens with zero attached hydrogens (tertiary/aromatic N) is 1. The van der Waals surface area contributed by atoms with Crippen molar-refractivity contribution < 1.29 is 13.2 Å². The Balaban J connectivity index is 2.13. The summed E-state index contributed by atoms with van der Waals surface area (Å²) in [5.41, 5.74) is 0. The van der Waals surface area contributed by atoms with E-state index in [1.807, 2.05) is 6.92 Å². The van der Waals surface area contributed by atoms with Gasteiger partial charge < -0.3 is 4.74 Å². The Morgan fingerprint density at radius 2 is 2.10 bits per heavy atom. The number of sulfonamides is 1. The summed E-state index contributed by atoms with van der Waals surface area (Å²) in [6.07, 6.45) is 1.72. The van der Waals surface area contributed by atoms with Gasteiger partial charge in [-0.25, -0.2) is 8.42 Å². The molecule has 20 heavy (non-hydrogen) atoms. The quantitative estimate of drug-likeness (QED) is 0.776. The number of alkyl halides is 1. The van der Waals surface area contributed by atoms with E-state index in [4.69, 9.17) is 16.3 Å². The Hall–Kier alpha value is -0.140. The highest BCUT2D eigenvalue weighted by Crippen LogP contribution is 2.31. The van der Waals surface area contributed by atoms with Crippen molar-refractivity contribution in [3.8, 4) is 0 Å². The van der Waals surface area contributed by atoms with Crippen LogP contribution in [-0.2, 0) is 20.6 Å². The number of rotatable bonds is 5. The maximum atomic E-state index is 12.7. The lowest BCUT2D eigenvalue weighted by Crippen LogP contribution is -2.39. The second-order valence-corrected chi connectivity index (χ2v) is 8.58. The van der Waals surface area contributed by atoms with Crippen molar-refractivity contribution in [3.05, 3.63) is 15.8 Å². The molecule has 0 saturated carbocycles. The van der Waals surface area contributed by atoms with Gasteiger partial charge in [0.2, 0.25) is 10.0 Å². The lowest BCUT2D eigenvalue weighted by molar-refractivity contribution is 0.121. The van der Waals surface area contributed by atoms with Crippen LogP contribution in [0.1, 0.15) is 22.6 Å². The lowest BCUT2D eigenvalue weighted by atomic mass is 9.99. The fourth-order valence-electron chi connectivity index (χ4n) is 2.54. The molecule has 0 unspecified atom stereocenters. The Morgan fingerprint density at radius 3 is 2.60 bits per heavy atom. The Kier molecular flexibility index (Phi) is 5.48. The van der Waals surface area contributed by atoms with Crippen LogP contribution < -0.4 is 0 Å². The molecule has 4 nitrogen and oxygen atoms in total. The van der Waals surface area contributed by atoms with Crippen LogP contribution in [0.3, 0.4) is 0 Å². The molecule has 0 radical (unpaired) electrons. The first kappa shape index (κ1) is 16.2. The molecule has 7 heteroatoms. The van der Waals surface area contributed by atoms with Crippen molar-refractivity contribution in [2.75, 3.05) is 26.8 Å². The van der Waals surface area contributed by atoms with Gasteiger partial charge >= 0.3 is 0 Å². The molecule has 1 aliphatic rings. The number of methoxy groups -OCH3 is 1. The molecule has 0 aromatic carbocycles. The van der Waals surface area contributed by atoms with Crippen molar-refractivity contribution in [2.45, 2.75) is 30.5 Å². The van der Waals surface area contributed by atoms with Crippen LogP contribution >= 0.6 is 22.9 Å². The predicted molar refractivity (Wildman–Crippen MR) is 82.0 cm³/mol. The minimum absolute atomic E-state index is 0.358.